The molecule has 10 aromatic carbocycles. The van der Waals surface area contributed by atoms with Crippen molar-refractivity contribution in [3.8, 4) is 0 Å². The first kappa shape index (κ1) is 74.2. The number of aryl methyl sites for hydroxylation is 6. The minimum atomic E-state index is 0.250. The van der Waals surface area contributed by atoms with Crippen molar-refractivity contribution < 1.29 is 0 Å². The summed E-state index contributed by atoms with van der Waals surface area (Å²) in [5.41, 5.74) is 21.5. The minimum absolute atomic E-state index is 0.250. The van der Waals surface area contributed by atoms with Crippen LogP contribution in [0.25, 0.3) is 65.0 Å². The van der Waals surface area contributed by atoms with Gasteiger partial charge in [0.2, 0.25) is 0 Å². The summed E-state index contributed by atoms with van der Waals surface area (Å²) in [7, 11) is 0. The van der Waals surface area contributed by atoms with Crippen LogP contribution in [-0.4, -0.2) is 0 Å². The molecule has 0 aliphatic heterocycles. The summed E-state index contributed by atoms with van der Waals surface area (Å²) in [5.74, 6) is 0. The Morgan fingerprint density at radius 1 is 0.341 bits per heavy atom. The Morgan fingerprint density at radius 2 is 0.761 bits per heavy atom. The van der Waals surface area contributed by atoms with Gasteiger partial charge in [-0.25, -0.2) is 0 Å². The Balaban J connectivity index is 0.000000339. The van der Waals surface area contributed by atoms with E-state index in [-0.39, 0.29) is 5.41 Å². The number of allylic oxidation sites excluding steroid dienone is 2. The minimum Gasteiger partial charge on any atom is -0.0985 e. The fourth-order valence-corrected chi connectivity index (χ4v) is 8.44. The quantitative estimate of drug-likeness (QED) is 0.135. The monoisotopic (exact) mass is 1150 g/mol. The first-order valence-corrected chi connectivity index (χ1v) is 29.9. The highest BCUT2D eigenvalue weighted by molar-refractivity contribution is 5.90. The van der Waals surface area contributed by atoms with Gasteiger partial charge in [0.15, 0.2) is 0 Å². The van der Waals surface area contributed by atoms with E-state index in [1.54, 1.807) is 0 Å². The molecule has 0 spiro atoms. The summed E-state index contributed by atoms with van der Waals surface area (Å²) < 4.78 is 0. The Bertz CT molecular complexity index is 3640. The molecule has 88 heavy (non-hydrogen) atoms. The van der Waals surface area contributed by atoms with Crippen LogP contribution in [-0.2, 0) is 5.41 Å². The molecule has 0 bridgehead atoms. The van der Waals surface area contributed by atoms with E-state index in [1.807, 2.05) is 153 Å². The molecule has 0 saturated carbocycles. The van der Waals surface area contributed by atoms with E-state index < -0.39 is 0 Å². The maximum atomic E-state index is 3.83. The summed E-state index contributed by atoms with van der Waals surface area (Å²) >= 11 is 0. The lowest BCUT2D eigenvalue weighted by Crippen LogP contribution is -2.10. The van der Waals surface area contributed by atoms with Gasteiger partial charge in [0, 0.05) is 0 Å². The van der Waals surface area contributed by atoms with Gasteiger partial charge in [-0.2, -0.15) is 0 Å². The number of benzene rings is 10. The van der Waals surface area contributed by atoms with Gasteiger partial charge < -0.3 is 0 Å². The molecule has 0 aromatic heterocycles. The van der Waals surface area contributed by atoms with E-state index in [0.29, 0.717) is 0 Å². The second-order valence-corrected chi connectivity index (χ2v) is 21.8. The van der Waals surface area contributed by atoms with E-state index in [2.05, 4.69) is 273 Å². The Hall–Kier alpha value is -9.88. The van der Waals surface area contributed by atoms with Crippen molar-refractivity contribution in [2.75, 3.05) is 0 Å². The topological polar surface area (TPSA) is 0 Å². The van der Waals surface area contributed by atoms with Crippen molar-refractivity contribution in [3.05, 3.63) is 390 Å². The fraction of sp³-hybridized carbons (Fsp3) is 0.136. The third-order valence-corrected chi connectivity index (χ3v) is 13.5. The normalized spacial score (nSPS) is 9.62. The van der Waals surface area contributed by atoms with Crippen LogP contribution < -0.4 is 0 Å². The maximum Gasteiger partial charge on any atom is -0.0112 e. The highest BCUT2D eigenvalue weighted by Gasteiger charge is 2.12. The average molecular weight is 1160 g/mol. The second-order valence-electron chi connectivity index (χ2n) is 21.8. The zero-order valence-electron chi connectivity index (χ0n) is 54.9. The van der Waals surface area contributed by atoms with Crippen molar-refractivity contribution in [1.29, 1.82) is 0 Å². The van der Waals surface area contributed by atoms with E-state index in [0.717, 1.165) is 5.57 Å². The lowest BCUT2D eigenvalue weighted by Gasteiger charge is -2.18. The van der Waals surface area contributed by atoms with Crippen molar-refractivity contribution in [3.63, 3.8) is 0 Å². The predicted octanol–water partition coefficient (Wildman–Crippen LogP) is 26.0. The number of rotatable bonds is 9. The molecule has 0 nitrogen and oxygen atoms in total. The standard InChI is InChI=1S/C12H10.C12H16.C11H14.5C9H10.C8H8/c1-2-10-7-5-8-11-6-3-4-9-12(10)11;1-5-10-6-8-11(9-7-10)12(2,3)4;1-5-11-9(3)6-8(2)7-10(11)4;1-8(2)9-6-4-3-5-7-9;1-3-9-6-4-8(2)5-7-9;1-3-9-6-4-5-8(2)7-9;1-3-9-7-5-4-6-8(9)2;1-2-6-9-7-4-3-5-8-9;1-2-8-6-4-3-5-7-8/h2-9H,1H2;5-9H,1H2,2-4H3;5-7H,1H2,2-4H3;4*3-7H,1H2,2H3;2-8H,1H3;2-7H,1H2/b;;;;;;;6-2-;. The zero-order valence-corrected chi connectivity index (χ0v) is 54.9. The van der Waals surface area contributed by atoms with Crippen LogP contribution in [0.4, 0.5) is 0 Å². The Kier molecular flexibility index (Phi) is 36.1. The molecule has 0 fully saturated rings. The van der Waals surface area contributed by atoms with Gasteiger partial charge in [-0.15, -0.1) is 0 Å². The van der Waals surface area contributed by atoms with Gasteiger partial charge in [0.25, 0.3) is 0 Å². The van der Waals surface area contributed by atoms with Crippen molar-refractivity contribution >= 4 is 65.0 Å². The molecule has 0 amide bonds. The average Bonchev–Trinajstić information content (AvgIpc) is 3.72. The van der Waals surface area contributed by atoms with E-state index in [9.17, 15) is 0 Å². The van der Waals surface area contributed by atoms with Crippen LogP contribution in [0.2, 0.25) is 0 Å². The smallest absolute Gasteiger partial charge is 0.0112 e. The van der Waals surface area contributed by atoms with Crippen molar-refractivity contribution in [2.45, 2.75) is 81.6 Å². The largest absolute Gasteiger partial charge is 0.0985 e. The predicted molar refractivity (Wildman–Crippen MR) is 403 cm³/mol. The highest BCUT2D eigenvalue weighted by Crippen LogP contribution is 2.23. The maximum absolute atomic E-state index is 3.83. The molecule has 10 aromatic rings. The SMILES string of the molecule is C/C=C\c1ccccc1.C=C(C)c1ccccc1.C=Cc1c(C)cc(C)cc1C.C=Cc1ccc(C(C)(C)C)cc1.C=Cc1ccc(C)cc1.C=Cc1cccc(C)c1.C=Cc1cccc2ccccc12.C=Cc1ccccc1.C=Cc1ccccc1C. The Labute approximate surface area is 533 Å². The van der Waals surface area contributed by atoms with Crippen LogP contribution in [0.3, 0.4) is 0 Å². The van der Waals surface area contributed by atoms with Crippen LogP contribution >= 0.6 is 0 Å². The highest BCUT2D eigenvalue weighted by atomic mass is 14.2. The lowest BCUT2D eigenvalue weighted by atomic mass is 9.87. The molecule has 0 unspecified atom stereocenters. The molecule has 0 heterocycles. The number of fused-ring (bicyclic) bond motifs is 1. The van der Waals surface area contributed by atoms with Gasteiger partial charge in [0.05, 0.1) is 0 Å². The van der Waals surface area contributed by atoms with Gasteiger partial charge in [-0.3, -0.25) is 0 Å². The first-order chi connectivity index (χ1) is 42.3. The number of hydrogen-bond acceptors (Lipinski definition) is 0. The molecule has 0 radical (unpaired) electrons. The van der Waals surface area contributed by atoms with Crippen LogP contribution in [0.5, 0.6) is 0 Å². The van der Waals surface area contributed by atoms with Crippen LogP contribution in [0, 0.1) is 41.5 Å². The van der Waals surface area contributed by atoms with Gasteiger partial charge in [0.1, 0.15) is 0 Å². The second kappa shape index (κ2) is 42.8. The molecule has 0 aliphatic carbocycles. The van der Waals surface area contributed by atoms with E-state index >= 15 is 0 Å². The van der Waals surface area contributed by atoms with E-state index in [4.69, 9.17) is 0 Å². The van der Waals surface area contributed by atoms with Gasteiger partial charge in [-0.1, -0.05) is 393 Å². The summed E-state index contributed by atoms with van der Waals surface area (Å²) in [4.78, 5) is 0. The van der Waals surface area contributed by atoms with Crippen LogP contribution in [0.1, 0.15) is 124 Å². The summed E-state index contributed by atoms with van der Waals surface area (Å²) in [6, 6.07) is 82.7. The molecule has 0 N–H and O–H groups in total. The third kappa shape index (κ3) is 30.3. The summed E-state index contributed by atoms with van der Waals surface area (Å²) in [5, 5.41) is 2.55. The molecular formula is C88H98. The lowest BCUT2D eigenvalue weighted by molar-refractivity contribution is 0.590. The number of hydrogen-bond donors (Lipinski definition) is 0. The fourth-order valence-electron chi connectivity index (χ4n) is 8.44. The van der Waals surface area contributed by atoms with Gasteiger partial charge >= 0.3 is 0 Å². The molecule has 450 valence electrons. The Morgan fingerprint density at radius 3 is 1.18 bits per heavy atom. The van der Waals surface area contributed by atoms with Gasteiger partial charge in [-0.05, 0) is 144 Å². The zero-order chi connectivity index (χ0) is 65.1. The van der Waals surface area contributed by atoms with Crippen LogP contribution in [0.15, 0.2) is 301 Å². The summed E-state index contributed by atoms with van der Waals surface area (Å²) in [6.07, 6.45) is 17.2. The first-order valence-electron chi connectivity index (χ1n) is 29.9. The molecule has 0 heteroatoms. The molecule has 0 atom stereocenters. The molecular weight excluding hydrogens is 1060 g/mol. The third-order valence-electron chi connectivity index (χ3n) is 13.5. The summed E-state index contributed by atoms with van der Waals surface area (Å²) in [6.45, 7) is 53.0. The van der Waals surface area contributed by atoms with Crippen molar-refractivity contribution in [1.82, 2.24) is 0 Å². The molecule has 0 aliphatic rings. The van der Waals surface area contributed by atoms with Crippen molar-refractivity contribution in [2.24, 2.45) is 0 Å². The van der Waals surface area contributed by atoms with E-state index in [1.165, 1.54) is 99.8 Å². The molecule has 10 rings (SSSR count). The molecule has 0 saturated heterocycles.